The summed E-state index contributed by atoms with van der Waals surface area (Å²) in [5.41, 5.74) is 3.10. The summed E-state index contributed by atoms with van der Waals surface area (Å²) in [7, 11) is 0. The van der Waals surface area contributed by atoms with Crippen LogP contribution in [0.4, 0.5) is 0 Å². The van der Waals surface area contributed by atoms with Gasteiger partial charge < -0.3 is 4.90 Å². The fourth-order valence-electron chi connectivity index (χ4n) is 3.44. The predicted molar refractivity (Wildman–Crippen MR) is 116 cm³/mol. The van der Waals surface area contributed by atoms with Crippen molar-refractivity contribution in [2.45, 2.75) is 19.4 Å². The van der Waals surface area contributed by atoms with Crippen LogP contribution in [-0.4, -0.2) is 51.9 Å². The molecule has 0 radical (unpaired) electrons. The fourth-order valence-corrected chi connectivity index (χ4v) is 4.37. The quantitative estimate of drug-likeness (QED) is 0.603. The number of thiazole rings is 1. The fraction of sp³-hybridized carbons (Fsp3) is 0.318. The maximum atomic E-state index is 12.7. The molecule has 29 heavy (non-hydrogen) atoms. The minimum Gasteiger partial charge on any atom is -0.340 e. The number of pyridine rings is 1. The summed E-state index contributed by atoms with van der Waals surface area (Å²) in [6.07, 6.45) is 2.87. The van der Waals surface area contributed by atoms with Crippen molar-refractivity contribution in [2.24, 2.45) is 0 Å². The molecule has 2 aromatic heterocycles. The van der Waals surface area contributed by atoms with Gasteiger partial charge in [-0.15, -0.1) is 11.3 Å². The molecule has 0 N–H and O–H groups in total. The highest BCUT2D eigenvalue weighted by atomic mass is 35.5. The molecule has 1 amide bonds. The average Bonchev–Trinajstić information content (AvgIpc) is 3.17. The van der Waals surface area contributed by atoms with Crippen molar-refractivity contribution < 1.29 is 4.79 Å². The van der Waals surface area contributed by atoms with Crippen molar-refractivity contribution in [3.63, 3.8) is 0 Å². The van der Waals surface area contributed by atoms with Gasteiger partial charge in [0.25, 0.3) is 0 Å². The van der Waals surface area contributed by atoms with E-state index in [1.54, 1.807) is 17.5 Å². The Morgan fingerprint density at radius 1 is 1.03 bits per heavy atom. The highest BCUT2D eigenvalue weighted by Crippen LogP contribution is 2.16. The number of halogens is 1. The van der Waals surface area contributed by atoms with Crippen molar-refractivity contribution in [1.82, 2.24) is 19.8 Å². The average molecular weight is 427 g/mol. The topological polar surface area (TPSA) is 49.3 Å². The maximum absolute atomic E-state index is 12.7. The zero-order valence-electron chi connectivity index (χ0n) is 16.1. The van der Waals surface area contributed by atoms with E-state index >= 15 is 0 Å². The lowest BCUT2D eigenvalue weighted by molar-refractivity contribution is -0.132. The normalized spacial score (nSPS) is 14.9. The lowest BCUT2D eigenvalue weighted by Crippen LogP contribution is -2.48. The lowest BCUT2D eigenvalue weighted by Gasteiger charge is -2.34. The van der Waals surface area contributed by atoms with E-state index in [2.05, 4.69) is 27.0 Å². The molecule has 1 fully saturated rings. The summed E-state index contributed by atoms with van der Waals surface area (Å²) in [4.78, 5) is 26.0. The summed E-state index contributed by atoms with van der Waals surface area (Å²) >= 11 is 7.55. The van der Waals surface area contributed by atoms with Crippen LogP contribution < -0.4 is 0 Å². The van der Waals surface area contributed by atoms with Gasteiger partial charge in [-0.05, 0) is 29.8 Å². The van der Waals surface area contributed by atoms with Crippen molar-refractivity contribution in [3.8, 4) is 0 Å². The van der Waals surface area contributed by atoms with E-state index in [1.807, 2.05) is 40.6 Å². The Morgan fingerprint density at radius 3 is 2.55 bits per heavy atom. The molecule has 0 bridgehead atoms. The molecular weight excluding hydrogens is 404 g/mol. The number of rotatable bonds is 6. The minimum atomic E-state index is 0.158. The number of benzene rings is 1. The summed E-state index contributed by atoms with van der Waals surface area (Å²) in [6.45, 7) is 4.18. The largest absolute Gasteiger partial charge is 0.340 e. The SMILES string of the molecule is O=C(Cc1csc(Cc2ccccn2)n1)N1CCN(Cc2ccc(Cl)cc2)CC1. The molecular formula is C22H23ClN4OS. The van der Waals surface area contributed by atoms with Gasteiger partial charge in [0.05, 0.1) is 17.1 Å². The first kappa shape index (κ1) is 20.0. The maximum Gasteiger partial charge on any atom is 0.228 e. The van der Waals surface area contributed by atoms with Crippen LogP contribution in [0.1, 0.15) is 22.0 Å². The molecule has 0 saturated carbocycles. The molecule has 0 unspecified atom stereocenters. The van der Waals surface area contributed by atoms with Gasteiger partial charge in [-0.25, -0.2) is 4.98 Å². The van der Waals surface area contributed by atoms with E-state index in [0.29, 0.717) is 12.8 Å². The van der Waals surface area contributed by atoms with Crippen LogP contribution in [0, 0.1) is 0 Å². The van der Waals surface area contributed by atoms with Gasteiger partial charge in [-0.1, -0.05) is 29.8 Å². The number of carbonyl (C=O) groups is 1. The Bertz CT molecular complexity index is 937. The number of amides is 1. The van der Waals surface area contributed by atoms with E-state index in [9.17, 15) is 4.79 Å². The van der Waals surface area contributed by atoms with Crippen molar-refractivity contribution >= 4 is 28.8 Å². The van der Waals surface area contributed by atoms with E-state index in [4.69, 9.17) is 11.6 Å². The second kappa shape index (κ2) is 9.48. The highest BCUT2D eigenvalue weighted by Gasteiger charge is 2.22. The lowest BCUT2D eigenvalue weighted by atomic mass is 10.2. The Morgan fingerprint density at radius 2 is 1.83 bits per heavy atom. The van der Waals surface area contributed by atoms with Gasteiger partial charge in [0, 0.05) is 61.4 Å². The first-order valence-electron chi connectivity index (χ1n) is 9.73. The summed E-state index contributed by atoms with van der Waals surface area (Å²) in [5.74, 6) is 0.158. The molecule has 1 aromatic carbocycles. The van der Waals surface area contributed by atoms with Crippen molar-refractivity contribution in [1.29, 1.82) is 0 Å². The van der Waals surface area contributed by atoms with Gasteiger partial charge >= 0.3 is 0 Å². The van der Waals surface area contributed by atoms with Crippen LogP contribution in [0.15, 0.2) is 54.0 Å². The van der Waals surface area contributed by atoms with Crippen LogP contribution in [-0.2, 0) is 24.2 Å². The smallest absolute Gasteiger partial charge is 0.228 e. The minimum absolute atomic E-state index is 0.158. The van der Waals surface area contributed by atoms with Gasteiger partial charge in [0.1, 0.15) is 0 Å². The first-order valence-corrected chi connectivity index (χ1v) is 11.0. The van der Waals surface area contributed by atoms with Gasteiger partial charge in [0.2, 0.25) is 5.91 Å². The zero-order valence-corrected chi connectivity index (χ0v) is 17.7. The summed E-state index contributed by atoms with van der Waals surface area (Å²) in [5, 5.41) is 3.75. The molecule has 1 saturated heterocycles. The van der Waals surface area contributed by atoms with Crippen LogP contribution in [0.5, 0.6) is 0 Å². The summed E-state index contributed by atoms with van der Waals surface area (Å²) < 4.78 is 0. The third-order valence-corrected chi connectivity index (χ3v) is 6.18. The molecule has 4 rings (SSSR count). The van der Waals surface area contributed by atoms with Gasteiger partial charge in [-0.3, -0.25) is 14.7 Å². The molecule has 0 spiro atoms. The predicted octanol–water partition coefficient (Wildman–Crippen LogP) is 3.67. The molecule has 7 heteroatoms. The van der Waals surface area contributed by atoms with Crippen LogP contribution in [0.3, 0.4) is 0 Å². The number of nitrogens with zero attached hydrogens (tertiary/aromatic N) is 4. The Kier molecular flexibility index (Phi) is 6.54. The van der Waals surface area contributed by atoms with Crippen LogP contribution >= 0.6 is 22.9 Å². The Hall–Kier alpha value is -2.28. The monoisotopic (exact) mass is 426 g/mol. The third kappa shape index (κ3) is 5.63. The van der Waals surface area contributed by atoms with Gasteiger partial charge in [-0.2, -0.15) is 0 Å². The van der Waals surface area contributed by atoms with E-state index in [0.717, 1.165) is 54.1 Å². The second-order valence-corrected chi connectivity index (χ2v) is 8.57. The van der Waals surface area contributed by atoms with Crippen molar-refractivity contribution in [2.75, 3.05) is 26.2 Å². The molecule has 0 atom stereocenters. The van der Waals surface area contributed by atoms with Gasteiger partial charge in [0.15, 0.2) is 0 Å². The highest BCUT2D eigenvalue weighted by molar-refractivity contribution is 7.09. The van der Waals surface area contributed by atoms with E-state index < -0.39 is 0 Å². The van der Waals surface area contributed by atoms with Crippen LogP contribution in [0.25, 0.3) is 0 Å². The molecule has 150 valence electrons. The number of piperazine rings is 1. The van der Waals surface area contributed by atoms with Crippen LogP contribution in [0.2, 0.25) is 5.02 Å². The molecule has 1 aliphatic rings. The number of hydrogen-bond donors (Lipinski definition) is 0. The van der Waals surface area contributed by atoms with Crippen molar-refractivity contribution in [3.05, 3.63) is 81.0 Å². The second-order valence-electron chi connectivity index (χ2n) is 7.19. The number of carbonyl (C=O) groups excluding carboxylic acids is 1. The molecule has 5 nitrogen and oxygen atoms in total. The standard InChI is InChI=1S/C22H23ClN4OS/c23-18-6-4-17(5-7-18)15-26-9-11-27(12-10-26)22(28)14-20-16-29-21(25-20)13-19-3-1-2-8-24-19/h1-8,16H,9-15H2. The molecule has 0 aliphatic carbocycles. The number of hydrogen-bond acceptors (Lipinski definition) is 5. The number of aromatic nitrogens is 2. The molecule has 1 aliphatic heterocycles. The zero-order chi connectivity index (χ0) is 20.1. The molecule has 3 heterocycles. The Balaban J connectivity index is 1.25. The first-order chi connectivity index (χ1) is 14.2. The van der Waals surface area contributed by atoms with E-state index in [-0.39, 0.29) is 5.91 Å². The summed E-state index contributed by atoms with van der Waals surface area (Å²) in [6, 6.07) is 13.8. The third-order valence-electron chi connectivity index (χ3n) is 5.03. The van der Waals surface area contributed by atoms with E-state index in [1.165, 1.54) is 5.56 Å². The Labute approximate surface area is 180 Å². The molecule has 3 aromatic rings.